The Morgan fingerprint density at radius 3 is 2.69 bits per heavy atom. The van der Waals surface area contributed by atoms with Gasteiger partial charge in [0.15, 0.2) is 0 Å². The standard InChI is InChI=1S/C28H33N5.C2H2/c1-18(14-27-25(29)8-9-26(33-27)21-10-12-30-13-11-21)32-28-17-31-16-24(19(28)2)23-7-6-20-4-3-5-22(20)15-23;1-2/h6-9,15-17,21,30,32H,1,3-5,10-14,29H2,2H3;1-2H. The van der Waals surface area contributed by atoms with Gasteiger partial charge in [0.1, 0.15) is 0 Å². The SMILES string of the molecule is C#C.C=C(Cc1nc(C2CCNCC2)ccc1N)Nc1cncc(-c2ccc3c(c2)CCC3)c1C. The van der Waals surface area contributed by atoms with E-state index in [-0.39, 0.29) is 0 Å². The number of anilines is 2. The van der Waals surface area contributed by atoms with Crippen molar-refractivity contribution in [3.8, 4) is 24.0 Å². The first-order valence-corrected chi connectivity index (χ1v) is 12.4. The zero-order valence-electron chi connectivity index (χ0n) is 20.6. The van der Waals surface area contributed by atoms with Crippen LogP contribution in [0.4, 0.5) is 11.4 Å². The lowest BCUT2D eigenvalue weighted by atomic mass is 9.93. The molecule has 180 valence electrons. The lowest BCUT2D eigenvalue weighted by molar-refractivity contribution is 0.452. The minimum absolute atomic E-state index is 0.502. The highest BCUT2D eigenvalue weighted by atomic mass is 14.9. The molecule has 0 unspecified atom stereocenters. The molecule has 2 aliphatic rings. The summed E-state index contributed by atoms with van der Waals surface area (Å²) >= 11 is 0. The number of hydrogen-bond acceptors (Lipinski definition) is 5. The first kappa shape index (κ1) is 24.5. The van der Waals surface area contributed by atoms with E-state index in [2.05, 4.69) is 66.2 Å². The summed E-state index contributed by atoms with van der Waals surface area (Å²) in [6.45, 7) is 8.52. The molecule has 2 aromatic heterocycles. The van der Waals surface area contributed by atoms with Crippen LogP contribution in [-0.2, 0) is 19.3 Å². The molecule has 5 rings (SSSR count). The summed E-state index contributed by atoms with van der Waals surface area (Å²) in [7, 11) is 0. The Hall–Kier alpha value is -3.62. The number of nitrogen functional groups attached to an aromatic ring is 1. The topological polar surface area (TPSA) is 75.9 Å². The molecular weight excluding hydrogens is 430 g/mol. The molecule has 5 nitrogen and oxygen atoms in total. The maximum atomic E-state index is 6.28. The molecule has 0 saturated carbocycles. The lowest BCUT2D eigenvalue weighted by Crippen LogP contribution is -2.27. The van der Waals surface area contributed by atoms with E-state index in [0.29, 0.717) is 12.3 Å². The van der Waals surface area contributed by atoms with E-state index in [1.807, 2.05) is 18.5 Å². The van der Waals surface area contributed by atoms with Gasteiger partial charge in [-0.05, 0) is 86.5 Å². The first-order chi connectivity index (χ1) is 17.1. The fourth-order valence-corrected chi connectivity index (χ4v) is 5.13. The van der Waals surface area contributed by atoms with Crippen LogP contribution in [0.15, 0.2) is 55.0 Å². The Morgan fingerprint density at radius 1 is 1.11 bits per heavy atom. The van der Waals surface area contributed by atoms with Gasteiger partial charge < -0.3 is 16.4 Å². The fourth-order valence-electron chi connectivity index (χ4n) is 5.13. The average molecular weight is 466 g/mol. The van der Waals surface area contributed by atoms with Crippen LogP contribution >= 0.6 is 0 Å². The van der Waals surface area contributed by atoms with Crippen molar-refractivity contribution in [1.29, 1.82) is 0 Å². The Balaban J connectivity index is 0.00000141. The second kappa shape index (κ2) is 11.2. The molecule has 4 N–H and O–H groups in total. The number of nitrogens with one attached hydrogen (secondary N) is 2. The summed E-state index contributed by atoms with van der Waals surface area (Å²) in [5, 5.41) is 6.91. The Morgan fingerprint density at radius 2 is 1.89 bits per heavy atom. The highest BCUT2D eigenvalue weighted by Gasteiger charge is 2.18. The quantitative estimate of drug-likeness (QED) is 0.425. The van der Waals surface area contributed by atoms with Crippen molar-refractivity contribution in [2.24, 2.45) is 0 Å². The van der Waals surface area contributed by atoms with Crippen molar-refractivity contribution in [2.75, 3.05) is 24.1 Å². The lowest BCUT2D eigenvalue weighted by Gasteiger charge is -2.23. The summed E-state index contributed by atoms with van der Waals surface area (Å²) in [6.07, 6.45) is 18.3. The van der Waals surface area contributed by atoms with Gasteiger partial charge in [0.2, 0.25) is 0 Å². The van der Waals surface area contributed by atoms with Gasteiger partial charge in [0, 0.05) is 35.5 Å². The maximum absolute atomic E-state index is 6.28. The van der Waals surface area contributed by atoms with Crippen molar-refractivity contribution in [3.63, 3.8) is 0 Å². The van der Waals surface area contributed by atoms with Gasteiger partial charge in [-0.15, -0.1) is 12.8 Å². The number of terminal acetylenes is 1. The van der Waals surface area contributed by atoms with Crippen LogP contribution in [0.5, 0.6) is 0 Å². The van der Waals surface area contributed by atoms with E-state index in [9.17, 15) is 0 Å². The smallest absolute Gasteiger partial charge is 0.0694 e. The van der Waals surface area contributed by atoms with Gasteiger partial charge >= 0.3 is 0 Å². The molecule has 3 heterocycles. The van der Waals surface area contributed by atoms with E-state index in [4.69, 9.17) is 10.7 Å². The number of fused-ring (bicyclic) bond motifs is 1. The molecule has 0 atom stereocenters. The number of nitrogens with zero attached hydrogens (tertiary/aromatic N) is 2. The zero-order valence-corrected chi connectivity index (χ0v) is 20.6. The van der Waals surface area contributed by atoms with E-state index >= 15 is 0 Å². The molecule has 0 bridgehead atoms. The molecule has 1 aliphatic carbocycles. The molecule has 1 fully saturated rings. The van der Waals surface area contributed by atoms with Crippen LogP contribution in [0.3, 0.4) is 0 Å². The Labute approximate surface area is 209 Å². The van der Waals surface area contributed by atoms with Crippen molar-refractivity contribution in [2.45, 2.75) is 51.4 Å². The second-order valence-corrected chi connectivity index (χ2v) is 9.40. The molecule has 0 amide bonds. The van der Waals surface area contributed by atoms with Crippen LogP contribution in [0, 0.1) is 19.8 Å². The van der Waals surface area contributed by atoms with Crippen molar-refractivity contribution < 1.29 is 0 Å². The molecular formula is C30H35N5. The summed E-state index contributed by atoms with van der Waals surface area (Å²) in [5.41, 5.74) is 17.4. The van der Waals surface area contributed by atoms with Gasteiger partial charge in [-0.1, -0.05) is 24.8 Å². The van der Waals surface area contributed by atoms with Crippen molar-refractivity contribution >= 4 is 11.4 Å². The summed E-state index contributed by atoms with van der Waals surface area (Å²) in [6, 6.07) is 10.9. The zero-order chi connectivity index (χ0) is 24.8. The van der Waals surface area contributed by atoms with Crippen molar-refractivity contribution in [3.05, 3.63) is 83.1 Å². The van der Waals surface area contributed by atoms with E-state index < -0.39 is 0 Å². The number of aromatic nitrogens is 2. The maximum Gasteiger partial charge on any atom is 0.0694 e. The van der Waals surface area contributed by atoms with Gasteiger partial charge in [-0.3, -0.25) is 9.97 Å². The predicted octanol–water partition coefficient (Wildman–Crippen LogP) is 5.41. The molecule has 35 heavy (non-hydrogen) atoms. The van der Waals surface area contributed by atoms with Crippen LogP contribution in [0.1, 0.15) is 53.3 Å². The highest BCUT2D eigenvalue weighted by molar-refractivity contribution is 5.74. The number of pyridine rings is 2. The number of nitrogens with two attached hydrogens (primary N) is 1. The number of rotatable bonds is 6. The molecule has 5 heteroatoms. The molecule has 1 aliphatic heterocycles. The van der Waals surface area contributed by atoms with E-state index in [0.717, 1.165) is 60.0 Å². The Kier molecular flexibility index (Phi) is 7.84. The minimum Gasteiger partial charge on any atom is -0.397 e. The summed E-state index contributed by atoms with van der Waals surface area (Å²) < 4.78 is 0. The van der Waals surface area contributed by atoms with Crippen LogP contribution < -0.4 is 16.4 Å². The third-order valence-electron chi connectivity index (χ3n) is 7.11. The Bertz CT molecular complexity index is 1220. The molecule has 0 spiro atoms. The van der Waals surface area contributed by atoms with Crippen molar-refractivity contribution in [1.82, 2.24) is 15.3 Å². The molecule has 0 radical (unpaired) electrons. The number of allylic oxidation sites excluding steroid dienone is 1. The third kappa shape index (κ3) is 5.55. The largest absolute Gasteiger partial charge is 0.397 e. The van der Waals surface area contributed by atoms with Crippen LogP contribution in [0.2, 0.25) is 0 Å². The first-order valence-electron chi connectivity index (χ1n) is 12.4. The van der Waals surface area contributed by atoms with Gasteiger partial charge in [-0.2, -0.15) is 0 Å². The summed E-state index contributed by atoms with van der Waals surface area (Å²) in [4.78, 5) is 9.45. The number of benzene rings is 1. The fraction of sp³-hybridized carbons (Fsp3) is 0.333. The predicted molar refractivity (Wildman–Crippen MR) is 146 cm³/mol. The van der Waals surface area contributed by atoms with Crippen LogP contribution in [0.25, 0.3) is 11.1 Å². The highest BCUT2D eigenvalue weighted by Crippen LogP contribution is 2.32. The van der Waals surface area contributed by atoms with E-state index in [1.165, 1.54) is 41.5 Å². The molecule has 1 aromatic carbocycles. The van der Waals surface area contributed by atoms with Crippen LogP contribution in [-0.4, -0.2) is 23.1 Å². The minimum atomic E-state index is 0.502. The third-order valence-corrected chi connectivity index (χ3v) is 7.11. The molecule has 3 aromatic rings. The van der Waals surface area contributed by atoms with E-state index in [1.54, 1.807) is 0 Å². The normalized spacial score (nSPS) is 15.1. The monoisotopic (exact) mass is 465 g/mol. The number of piperidine rings is 1. The number of hydrogen-bond donors (Lipinski definition) is 3. The average Bonchev–Trinajstić information content (AvgIpc) is 3.36. The molecule has 1 saturated heterocycles. The van der Waals surface area contributed by atoms with Gasteiger partial charge in [-0.25, -0.2) is 0 Å². The van der Waals surface area contributed by atoms with Gasteiger partial charge in [0.25, 0.3) is 0 Å². The second-order valence-electron chi connectivity index (χ2n) is 9.40. The summed E-state index contributed by atoms with van der Waals surface area (Å²) in [5.74, 6) is 0.502. The number of aryl methyl sites for hydroxylation is 2. The van der Waals surface area contributed by atoms with Gasteiger partial charge in [0.05, 0.1) is 23.3 Å².